The summed E-state index contributed by atoms with van der Waals surface area (Å²) in [7, 11) is 1.59. The van der Waals surface area contributed by atoms with Crippen LogP contribution in [0.2, 0.25) is 0 Å². The molecule has 1 aromatic carbocycles. The lowest BCUT2D eigenvalue weighted by Gasteiger charge is -2.28. The first-order chi connectivity index (χ1) is 9.46. The first-order valence-corrected chi connectivity index (χ1v) is 6.90. The monoisotopic (exact) mass is 281 g/mol. The first-order valence-electron chi connectivity index (χ1n) is 6.90. The Balaban J connectivity index is 2.03. The summed E-state index contributed by atoms with van der Waals surface area (Å²) in [6, 6.07) is 5.03. The molecular weight excluding hydrogens is 258 g/mol. The summed E-state index contributed by atoms with van der Waals surface area (Å²) in [5.41, 5.74) is -0.0949. The summed E-state index contributed by atoms with van der Waals surface area (Å²) in [5, 5.41) is 23.6. The van der Waals surface area contributed by atoms with Gasteiger partial charge in [0.1, 0.15) is 17.1 Å². The quantitative estimate of drug-likeness (QED) is 0.764. The molecular formula is C15H23NO4. The maximum Gasteiger partial charge on any atom is 0.120 e. The van der Waals surface area contributed by atoms with Crippen LogP contribution >= 0.6 is 0 Å². The van der Waals surface area contributed by atoms with Gasteiger partial charge in [0, 0.05) is 31.2 Å². The lowest BCUT2D eigenvalue weighted by molar-refractivity contribution is -0.0274. The van der Waals surface area contributed by atoms with Gasteiger partial charge < -0.3 is 25.0 Å². The minimum absolute atomic E-state index is 0.0954. The van der Waals surface area contributed by atoms with Gasteiger partial charge in [0.15, 0.2) is 0 Å². The standard InChI is InChI=1S/C15H23NO4/c1-10(13-8-12(19-3)4-5-14(13)17)16-9-15(18)6-7-20-11(15)2/h4-5,8,10-11,16-18H,6-7,9H2,1-3H3. The van der Waals surface area contributed by atoms with Gasteiger partial charge in [-0.15, -0.1) is 0 Å². The van der Waals surface area contributed by atoms with E-state index in [1.165, 1.54) is 0 Å². The molecule has 3 unspecified atom stereocenters. The number of hydrogen-bond acceptors (Lipinski definition) is 5. The fourth-order valence-corrected chi connectivity index (χ4v) is 2.45. The van der Waals surface area contributed by atoms with Crippen LogP contribution in [0.1, 0.15) is 31.9 Å². The Kier molecular flexibility index (Phi) is 4.52. The van der Waals surface area contributed by atoms with E-state index in [1.54, 1.807) is 25.3 Å². The van der Waals surface area contributed by atoms with Gasteiger partial charge in [0.05, 0.1) is 13.2 Å². The zero-order valence-electron chi connectivity index (χ0n) is 12.2. The number of nitrogens with one attached hydrogen (secondary N) is 1. The van der Waals surface area contributed by atoms with Crippen LogP contribution in [0.15, 0.2) is 18.2 Å². The summed E-state index contributed by atoms with van der Waals surface area (Å²) >= 11 is 0. The molecule has 0 aromatic heterocycles. The first kappa shape index (κ1) is 15.1. The molecule has 1 aromatic rings. The fourth-order valence-electron chi connectivity index (χ4n) is 2.45. The highest BCUT2D eigenvalue weighted by Crippen LogP contribution is 2.30. The summed E-state index contributed by atoms with van der Waals surface area (Å²) in [6.45, 7) is 4.82. The van der Waals surface area contributed by atoms with Crippen molar-refractivity contribution in [2.45, 2.75) is 38.0 Å². The summed E-state index contributed by atoms with van der Waals surface area (Å²) in [5.74, 6) is 0.913. The second-order valence-corrected chi connectivity index (χ2v) is 5.39. The van der Waals surface area contributed by atoms with Crippen molar-refractivity contribution < 1.29 is 19.7 Å². The Morgan fingerprint density at radius 2 is 2.30 bits per heavy atom. The molecule has 1 saturated heterocycles. The van der Waals surface area contributed by atoms with Crippen LogP contribution in [0.5, 0.6) is 11.5 Å². The van der Waals surface area contributed by atoms with E-state index in [0.29, 0.717) is 25.3 Å². The van der Waals surface area contributed by atoms with Crippen molar-refractivity contribution in [3.05, 3.63) is 23.8 Å². The smallest absolute Gasteiger partial charge is 0.120 e. The average molecular weight is 281 g/mol. The molecule has 0 amide bonds. The molecule has 2 rings (SSSR count). The number of phenolic OH excluding ortho intramolecular Hbond substituents is 1. The van der Waals surface area contributed by atoms with E-state index < -0.39 is 5.60 Å². The van der Waals surface area contributed by atoms with Gasteiger partial charge in [0.2, 0.25) is 0 Å². The highest BCUT2D eigenvalue weighted by molar-refractivity contribution is 5.41. The van der Waals surface area contributed by atoms with Crippen LogP contribution in [0.25, 0.3) is 0 Å². The molecule has 0 bridgehead atoms. The minimum Gasteiger partial charge on any atom is -0.508 e. The van der Waals surface area contributed by atoms with E-state index in [4.69, 9.17) is 9.47 Å². The molecule has 5 nitrogen and oxygen atoms in total. The third-order valence-electron chi connectivity index (χ3n) is 4.08. The number of aromatic hydroxyl groups is 1. The number of hydrogen-bond donors (Lipinski definition) is 3. The van der Waals surface area contributed by atoms with Crippen molar-refractivity contribution in [1.82, 2.24) is 5.32 Å². The molecule has 1 aliphatic rings. The topological polar surface area (TPSA) is 71.0 Å². The molecule has 0 spiro atoms. The summed E-state index contributed by atoms with van der Waals surface area (Å²) in [6.07, 6.45) is 0.443. The Morgan fingerprint density at radius 3 is 2.90 bits per heavy atom. The lowest BCUT2D eigenvalue weighted by Crippen LogP contribution is -2.46. The SMILES string of the molecule is COc1ccc(O)c(C(C)NCC2(O)CCOC2C)c1. The van der Waals surface area contributed by atoms with Crippen molar-refractivity contribution in [1.29, 1.82) is 0 Å². The molecule has 3 atom stereocenters. The molecule has 20 heavy (non-hydrogen) atoms. The number of benzene rings is 1. The normalized spacial score (nSPS) is 27.5. The van der Waals surface area contributed by atoms with E-state index in [2.05, 4.69) is 5.32 Å². The summed E-state index contributed by atoms with van der Waals surface area (Å²) in [4.78, 5) is 0. The highest BCUT2D eigenvalue weighted by atomic mass is 16.5. The van der Waals surface area contributed by atoms with Crippen molar-refractivity contribution in [3.63, 3.8) is 0 Å². The summed E-state index contributed by atoms with van der Waals surface area (Å²) < 4.78 is 10.6. The Hall–Kier alpha value is -1.30. The van der Waals surface area contributed by atoms with Gasteiger partial charge in [-0.25, -0.2) is 0 Å². The average Bonchev–Trinajstić information content (AvgIpc) is 2.77. The predicted molar refractivity (Wildman–Crippen MR) is 76.1 cm³/mol. The Bertz CT molecular complexity index is 465. The van der Waals surface area contributed by atoms with E-state index in [0.717, 1.165) is 5.56 Å². The number of aliphatic hydroxyl groups is 1. The molecule has 1 heterocycles. The molecule has 0 aliphatic carbocycles. The van der Waals surface area contributed by atoms with Crippen molar-refractivity contribution in [2.75, 3.05) is 20.3 Å². The van der Waals surface area contributed by atoms with Gasteiger partial charge in [-0.05, 0) is 32.0 Å². The van der Waals surface area contributed by atoms with Gasteiger partial charge in [-0.1, -0.05) is 0 Å². The van der Waals surface area contributed by atoms with E-state index in [-0.39, 0.29) is 17.9 Å². The molecule has 3 N–H and O–H groups in total. The van der Waals surface area contributed by atoms with Gasteiger partial charge in [-0.3, -0.25) is 0 Å². The second kappa shape index (κ2) is 5.99. The third kappa shape index (κ3) is 3.06. The van der Waals surface area contributed by atoms with Gasteiger partial charge in [-0.2, -0.15) is 0 Å². The van der Waals surface area contributed by atoms with Crippen LogP contribution in [0.4, 0.5) is 0 Å². The maximum absolute atomic E-state index is 10.5. The van der Waals surface area contributed by atoms with Gasteiger partial charge >= 0.3 is 0 Å². The maximum atomic E-state index is 10.5. The van der Waals surface area contributed by atoms with Crippen LogP contribution in [-0.2, 0) is 4.74 Å². The van der Waals surface area contributed by atoms with Crippen molar-refractivity contribution >= 4 is 0 Å². The molecule has 112 valence electrons. The Morgan fingerprint density at radius 1 is 1.55 bits per heavy atom. The Labute approximate surface area is 119 Å². The van der Waals surface area contributed by atoms with Crippen LogP contribution in [0, 0.1) is 0 Å². The molecule has 1 aliphatic heterocycles. The molecule has 5 heteroatoms. The number of ether oxygens (including phenoxy) is 2. The van der Waals surface area contributed by atoms with Crippen molar-refractivity contribution in [2.24, 2.45) is 0 Å². The van der Waals surface area contributed by atoms with Gasteiger partial charge in [0.25, 0.3) is 0 Å². The molecule has 0 radical (unpaired) electrons. The predicted octanol–water partition coefficient (Wildman–Crippen LogP) is 1.59. The van der Waals surface area contributed by atoms with Crippen LogP contribution < -0.4 is 10.1 Å². The lowest BCUT2D eigenvalue weighted by atomic mass is 9.95. The number of methoxy groups -OCH3 is 1. The largest absolute Gasteiger partial charge is 0.508 e. The van der Waals surface area contributed by atoms with E-state index >= 15 is 0 Å². The zero-order valence-corrected chi connectivity index (χ0v) is 12.2. The third-order valence-corrected chi connectivity index (χ3v) is 4.08. The number of phenols is 1. The van der Waals surface area contributed by atoms with Crippen LogP contribution in [-0.4, -0.2) is 42.2 Å². The highest BCUT2D eigenvalue weighted by Gasteiger charge is 2.39. The zero-order chi connectivity index (χ0) is 14.8. The minimum atomic E-state index is -0.844. The fraction of sp³-hybridized carbons (Fsp3) is 0.600. The number of rotatable bonds is 5. The van der Waals surface area contributed by atoms with E-state index in [9.17, 15) is 10.2 Å². The molecule has 1 fully saturated rings. The van der Waals surface area contributed by atoms with Crippen molar-refractivity contribution in [3.8, 4) is 11.5 Å². The van der Waals surface area contributed by atoms with E-state index in [1.807, 2.05) is 13.8 Å². The molecule has 0 saturated carbocycles. The second-order valence-electron chi connectivity index (χ2n) is 5.39. The van der Waals surface area contributed by atoms with Crippen LogP contribution in [0.3, 0.4) is 0 Å².